The van der Waals surface area contributed by atoms with Crippen molar-refractivity contribution in [2.75, 3.05) is 0 Å². The van der Waals surface area contributed by atoms with Gasteiger partial charge in [-0.25, -0.2) is 4.98 Å². The Morgan fingerprint density at radius 3 is 2.82 bits per heavy atom. The van der Waals surface area contributed by atoms with Crippen LogP contribution >= 0.6 is 11.6 Å². The molecule has 2 rings (SSSR count). The number of nitrogens with zero attached hydrogens (tertiary/aromatic N) is 2. The minimum absolute atomic E-state index is 0.0509. The number of aryl methyl sites for hydroxylation is 1. The molecule has 1 atom stereocenters. The third-order valence-corrected chi connectivity index (χ3v) is 3.11. The topological polar surface area (TPSA) is 43.8 Å². The summed E-state index contributed by atoms with van der Waals surface area (Å²) >= 11 is 6.22. The largest absolute Gasteiger partial charge is 0.324 e. The smallest absolute Gasteiger partial charge is 0.112 e. The van der Waals surface area contributed by atoms with Crippen LogP contribution in [-0.2, 0) is 6.42 Å². The van der Waals surface area contributed by atoms with E-state index >= 15 is 0 Å². The van der Waals surface area contributed by atoms with Gasteiger partial charge in [0, 0.05) is 35.6 Å². The molecule has 90 valence electrons. The van der Waals surface area contributed by atoms with Crippen LogP contribution in [0, 0.1) is 0 Å². The Bertz CT molecular complexity index is 517. The van der Waals surface area contributed by atoms with Crippen molar-refractivity contribution in [1.82, 2.24) is 9.55 Å². The van der Waals surface area contributed by atoms with Gasteiger partial charge in [-0.15, -0.1) is 0 Å². The van der Waals surface area contributed by atoms with E-state index in [0.29, 0.717) is 5.02 Å². The molecule has 2 aromatic rings. The van der Waals surface area contributed by atoms with Gasteiger partial charge in [-0.05, 0) is 24.6 Å². The molecule has 0 amide bonds. The third-order valence-electron chi connectivity index (χ3n) is 2.79. The molecule has 0 bridgehead atoms. The van der Waals surface area contributed by atoms with Gasteiger partial charge < -0.3 is 10.3 Å². The predicted octanol–water partition coefficient (Wildman–Crippen LogP) is 3.11. The lowest BCUT2D eigenvalue weighted by molar-refractivity contribution is 0.816. The molecule has 0 saturated carbocycles. The summed E-state index contributed by atoms with van der Waals surface area (Å²) in [7, 11) is 0. The molecule has 1 heterocycles. The summed E-state index contributed by atoms with van der Waals surface area (Å²) < 4.78 is 2.04. The molecule has 1 aromatic carbocycles. The first-order chi connectivity index (χ1) is 8.13. The fraction of sp³-hybridized carbons (Fsp3) is 0.308. The maximum absolute atomic E-state index is 6.22. The molecule has 0 aliphatic heterocycles. The highest BCUT2D eigenvalue weighted by Gasteiger charge is 2.08. The second kappa shape index (κ2) is 4.90. The zero-order valence-electron chi connectivity index (χ0n) is 10.0. The Morgan fingerprint density at radius 2 is 2.24 bits per heavy atom. The molecule has 4 heteroatoms. The quantitative estimate of drug-likeness (QED) is 0.908. The number of rotatable bonds is 3. The van der Waals surface area contributed by atoms with Crippen molar-refractivity contribution in [3.8, 4) is 5.69 Å². The average molecular weight is 250 g/mol. The normalized spacial score (nSPS) is 12.7. The minimum atomic E-state index is -0.0509. The SMILES string of the molecule is CCc1nccn1-c1ccc(C(C)N)c(Cl)c1. The molecular weight excluding hydrogens is 234 g/mol. The average Bonchev–Trinajstić information content (AvgIpc) is 2.76. The molecule has 17 heavy (non-hydrogen) atoms. The number of imidazole rings is 1. The van der Waals surface area contributed by atoms with Crippen molar-refractivity contribution in [3.05, 3.63) is 47.0 Å². The molecule has 2 N–H and O–H groups in total. The number of hydrogen-bond donors (Lipinski definition) is 1. The van der Waals surface area contributed by atoms with Gasteiger partial charge in [0.15, 0.2) is 0 Å². The van der Waals surface area contributed by atoms with Crippen LogP contribution < -0.4 is 5.73 Å². The van der Waals surface area contributed by atoms with Crippen molar-refractivity contribution in [1.29, 1.82) is 0 Å². The van der Waals surface area contributed by atoms with E-state index < -0.39 is 0 Å². The van der Waals surface area contributed by atoms with Gasteiger partial charge in [0.1, 0.15) is 5.82 Å². The monoisotopic (exact) mass is 249 g/mol. The highest BCUT2D eigenvalue weighted by Crippen LogP contribution is 2.24. The van der Waals surface area contributed by atoms with E-state index in [4.69, 9.17) is 17.3 Å². The second-order valence-electron chi connectivity index (χ2n) is 4.06. The van der Waals surface area contributed by atoms with Crippen LogP contribution in [-0.4, -0.2) is 9.55 Å². The molecule has 0 spiro atoms. The Morgan fingerprint density at radius 1 is 1.47 bits per heavy atom. The van der Waals surface area contributed by atoms with Crippen molar-refractivity contribution < 1.29 is 0 Å². The molecule has 0 fully saturated rings. The lowest BCUT2D eigenvalue weighted by atomic mass is 10.1. The summed E-state index contributed by atoms with van der Waals surface area (Å²) in [5.74, 6) is 1.02. The number of aromatic nitrogens is 2. The second-order valence-corrected chi connectivity index (χ2v) is 4.47. The summed E-state index contributed by atoms with van der Waals surface area (Å²) in [6.07, 6.45) is 4.63. The maximum Gasteiger partial charge on any atom is 0.112 e. The Hall–Kier alpha value is -1.32. The Labute approximate surface area is 106 Å². The van der Waals surface area contributed by atoms with Crippen molar-refractivity contribution in [3.63, 3.8) is 0 Å². The van der Waals surface area contributed by atoms with Crippen LogP contribution in [0.3, 0.4) is 0 Å². The van der Waals surface area contributed by atoms with E-state index in [1.54, 1.807) is 6.20 Å². The third kappa shape index (κ3) is 2.35. The molecule has 0 saturated heterocycles. The van der Waals surface area contributed by atoms with E-state index in [-0.39, 0.29) is 6.04 Å². The lowest BCUT2D eigenvalue weighted by Gasteiger charge is -2.12. The van der Waals surface area contributed by atoms with E-state index in [0.717, 1.165) is 23.5 Å². The van der Waals surface area contributed by atoms with Gasteiger partial charge in [-0.2, -0.15) is 0 Å². The number of hydrogen-bond acceptors (Lipinski definition) is 2. The maximum atomic E-state index is 6.22. The van der Waals surface area contributed by atoms with Crippen LogP contribution in [0.5, 0.6) is 0 Å². The van der Waals surface area contributed by atoms with Crippen LogP contribution in [0.25, 0.3) is 5.69 Å². The molecule has 0 radical (unpaired) electrons. The van der Waals surface area contributed by atoms with Gasteiger partial charge in [0.2, 0.25) is 0 Å². The van der Waals surface area contributed by atoms with Crippen molar-refractivity contribution in [2.24, 2.45) is 5.73 Å². The van der Waals surface area contributed by atoms with Gasteiger partial charge in [-0.3, -0.25) is 0 Å². The standard InChI is InChI=1S/C13H16ClN3/c1-3-13-16-6-7-17(13)10-4-5-11(9(2)15)12(14)8-10/h4-9H,3,15H2,1-2H3. The molecule has 0 aliphatic carbocycles. The summed E-state index contributed by atoms with van der Waals surface area (Å²) in [6.45, 7) is 4.01. The molecular formula is C13H16ClN3. The van der Waals surface area contributed by atoms with Crippen LogP contribution in [0.15, 0.2) is 30.6 Å². The van der Waals surface area contributed by atoms with E-state index in [2.05, 4.69) is 11.9 Å². The fourth-order valence-electron chi connectivity index (χ4n) is 1.87. The summed E-state index contributed by atoms with van der Waals surface area (Å²) in [4.78, 5) is 4.29. The molecule has 3 nitrogen and oxygen atoms in total. The number of halogens is 1. The summed E-state index contributed by atoms with van der Waals surface area (Å²) in [6, 6.07) is 5.87. The predicted molar refractivity (Wildman–Crippen MR) is 70.6 cm³/mol. The van der Waals surface area contributed by atoms with Gasteiger partial charge in [0.25, 0.3) is 0 Å². The van der Waals surface area contributed by atoms with E-state index in [1.807, 2.05) is 35.9 Å². The molecule has 1 unspecified atom stereocenters. The first-order valence-electron chi connectivity index (χ1n) is 5.71. The number of benzene rings is 1. The van der Waals surface area contributed by atoms with E-state index in [1.165, 1.54) is 0 Å². The van der Waals surface area contributed by atoms with E-state index in [9.17, 15) is 0 Å². The van der Waals surface area contributed by atoms with Crippen LogP contribution in [0.4, 0.5) is 0 Å². The highest BCUT2D eigenvalue weighted by molar-refractivity contribution is 6.31. The van der Waals surface area contributed by atoms with Crippen molar-refractivity contribution in [2.45, 2.75) is 26.3 Å². The molecule has 0 aliphatic rings. The minimum Gasteiger partial charge on any atom is -0.324 e. The molecule has 1 aromatic heterocycles. The van der Waals surface area contributed by atoms with Crippen molar-refractivity contribution >= 4 is 11.6 Å². The van der Waals surface area contributed by atoms with Gasteiger partial charge in [-0.1, -0.05) is 24.6 Å². The number of nitrogens with two attached hydrogens (primary N) is 1. The first kappa shape index (κ1) is 12.1. The van der Waals surface area contributed by atoms with Crippen LogP contribution in [0.1, 0.15) is 31.3 Å². The fourth-order valence-corrected chi connectivity index (χ4v) is 2.21. The zero-order chi connectivity index (χ0) is 12.4. The Kier molecular flexibility index (Phi) is 3.50. The summed E-state index contributed by atoms with van der Waals surface area (Å²) in [5.41, 5.74) is 7.82. The van der Waals surface area contributed by atoms with Crippen LogP contribution in [0.2, 0.25) is 5.02 Å². The Balaban J connectivity index is 2.45. The first-order valence-corrected chi connectivity index (χ1v) is 6.09. The lowest BCUT2D eigenvalue weighted by Crippen LogP contribution is -2.06. The highest BCUT2D eigenvalue weighted by atomic mass is 35.5. The van der Waals surface area contributed by atoms with Gasteiger partial charge >= 0.3 is 0 Å². The summed E-state index contributed by atoms with van der Waals surface area (Å²) in [5, 5.41) is 0.702. The van der Waals surface area contributed by atoms with Gasteiger partial charge in [0.05, 0.1) is 0 Å². The zero-order valence-corrected chi connectivity index (χ0v) is 10.8.